The number of amides is 1. The van der Waals surface area contributed by atoms with E-state index >= 15 is 0 Å². The van der Waals surface area contributed by atoms with Gasteiger partial charge in [-0.25, -0.2) is 12.7 Å². The molecule has 168 valence electrons. The first-order valence-corrected chi connectivity index (χ1v) is 11.7. The Bertz CT molecular complexity index is 1050. The predicted molar refractivity (Wildman–Crippen MR) is 113 cm³/mol. The van der Waals surface area contributed by atoms with Crippen LogP contribution in [0.15, 0.2) is 42.5 Å². The molecule has 0 atom stereocenters. The lowest BCUT2D eigenvalue weighted by atomic mass is 9.97. The maximum Gasteiger partial charge on any atom is 0.418 e. The van der Waals surface area contributed by atoms with Gasteiger partial charge in [-0.3, -0.25) is 4.79 Å². The van der Waals surface area contributed by atoms with E-state index in [1.54, 1.807) is 12.1 Å². The van der Waals surface area contributed by atoms with Gasteiger partial charge >= 0.3 is 6.18 Å². The maximum absolute atomic E-state index is 13.2. The van der Waals surface area contributed by atoms with Gasteiger partial charge in [-0.05, 0) is 43.5 Å². The van der Waals surface area contributed by atoms with Crippen molar-refractivity contribution in [1.29, 1.82) is 0 Å². The van der Waals surface area contributed by atoms with E-state index in [1.807, 2.05) is 19.1 Å². The molecule has 2 aromatic carbocycles. The summed E-state index contributed by atoms with van der Waals surface area (Å²) in [7, 11) is -3.55. The number of alkyl halides is 3. The number of carbonyl (C=O) groups excluding carboxylic acids is 1. The summed E-state index contributed by atoms with van der Waals surface area (Å²) in [5.74, 6) is -1.28. The van der Waals surface area contributed by atoms with Crippen molar-refractivity contribution in [3.63, 3.8) is 0 Å². The number of nitrogens with zero attached hydrogens (tertiary/aromatic N) is 1. The molecule has 5 nitrogen and oxygen atoms in total. The minimum absolute atomic E-state index is 0.0857. The molecule has 1 amide bonds. The van der Waals surface area contributed by atoms with Gasteiger partial charge in [0.2, 0.25) is 15.9 Å². The Morgan fingerprint density at radius 3 is 2.32 bits per heavy atom. The molecule has 0 bridgehead atoms. The van der Waals surface area contributed by atoms with Gasteiger partial charge in [-0.15, -0.1) is 0 Å². The highest BCUT2D eigenvalue weighted by Crippen LogP contribution is 2.37. The summed E-state index contributed by atoms with van der Waals surface area (Å²) in [6, 6.07) is 10.4. The topological polar surface area (TPSA) is 66.5 Å². The number of piperidine rings is 1. The highest BCUT2D eigenvalue weighted by Gasteiger charge is 2.36. The first-order valence-electron chi connectivity index (χ1n) is 9.67. The van der Waals surface area contributed by atoms with Crippen LogP contribution in [0, 0.1) is 12.8 Å². The molecular formula is C21H22ClF3N2O3S. The van der Waals surface area contributed by atoms with Crippen LogP contribution in [0.4, 0.5) is 18.9 Å². The Kier molecular flexibility index (Phi) is 6.98. The van der Waals surface area contributed by atoms with Crippen molar-refractivity contribution in [1.82, 2.24) is 4.31 Å². The van der Waals surface area contributed by atoms with Crippen LogP contribution >= 0.6 is 11.6 Å². The second kappa shape index (κ2) is 9.18. The number of sulfonamides is 1. The molecule has 31 heavy (non-hydrogen) atoms. The maximum atomic E-state index is 13.2. The van der Waals surface area contributed by atoms with Gasteiger partial charge in [-0.1, -0.05) is 41.4 Å². The third kappa shape index (κ3) is 5.99. The summed E-state index contributed by atoms with van der Waals surface area (Å²) in [4.78, 5) is 12.5. The van der Waals surface area contributed by atoms with Crippen LogP contribution in [0.2, 0.25) is 5.02 Å². The number of carbonyl (C=O) groups is 1. The standard InChI is InChI=1S/C21H22ClF3N2O3S/c1-14-2-4-15(5-3-14)13-31(29,30)27-10-8-16(9-11-27)20(28)26-19-7-6-17(22)12-18(19)21(23,24)25/h2-7,12,16H,8-11,13H2,1H3,(H,26,28). The van der Waals surface area contributed by atoms with Crippen LogP contribution < -0.4 is 5.32 Å². The van der Waals surface area contributed by atoms with Gasteiger partial charge in [0.05, 0.1) is 17.0 Å². The number of hydrogen-bond donors (Lipinski definition) is 1. The summed E-state index contributed by atoms with van der Waals surface area (Å²) in [6.45, 7) is 2.19. The Hall–Kier alpha value is -2.10. The molecule has 0 aromatic heterocycles. The molecule has 1 saturated heterocycles. The van der Waals surface area contributed by atoms with E-state index in [4.69, 9.17) is 11.6 Å². The van der Waals surface area contributed by atoms with Gasteiger partial charge in [0.25, 0.3) is 0 Å². The number of aryl methyl sites for hydroxylation is 1. The molecule has 10 heteroatoms. The van der Waals surface area contributed by atoms with Crippen molar-refractivity contribution in [2.24, 2.45) is 5.92 Å². The molecule has 1 heterocycles. The van der Waals surface area contributed by atoms with E-state index in [1.165, 1.54) is 10.4 Å². The number of rotatable bonds is 5. The normalized spacial score (nSPS) is 16.3. The minimum Gasteiger partial charge on any atom is -0.325 e. The van der Waals surface area contributed by atoms with Crippen LogP contribution in [-0.4, -0.2) is 31.7 Å². The smallest absolute Gasteiger partial charge is 0.325 e. The fraction of sp³-hybridized carbons (Fsp3) is 0.381. The average molecular weight is 475 g/mol. The zero-order valence-corrected chi connectivity index (χ0v) is 18.3. The third-order valence-corrected chi connectivity index (χ3v) is 7.32. The number of anilines is 1. The van der Waals surface area contributed by atoms with Crippen LogP contribution in [0.3, 0.4) is 0 Å². The highest BCUT2D eigenvalue weighted by molar-refractivity contribution is 7.88. The van der Waals surface area contributed by atoms with E-state index < -0.39 is 33.6 Å². The van der Waals surface area contributed by atoms with Crippen LogP contribution in [0.5, 0.6) is 0 Å². The van der Waals surface area contributed by atoms with E-state index in [2.05, 4.69) is 5.32 Å². The van der Waals surface area contributed by atoms with Gasteiger partial charge in [0.15, 0.2) is 0 Å². The van der Waals surface area contributed by atoms with Gasteiger partial charge in [0.1, 0.15) is 0 Å². The molecule has 1 aliphatic rings. The van der Waals surface area contributed by atoms with Gasteiger partial charge in [0, 0.05) is 24.0 Å². The lowest BCUT2D eigenvalue weighted by molar-refractivity contribution is -0.137. The Labute approximate surface area is 184 Å². The Morgan fingerprint density at radius 1 is 1.13 bits per heavy atom. The van der Waals surface area contributed by atoms with E-state index in [0.29, 0.717) is 5.56 Å². The molecule has 1 N–H and O–H groups in total. The molecule has 2 aromatic rings. The second-order valence-corrected chi connectivity index (χ2v) is 10.00. The molecular weight excluding hydrogens is 453 g/mol. The number of nitrogens with one attached hydrogen (secondary N) is 1. The van der Waals surface area contributed by atoms with Crippen molar-refractivity contribution in [3.05, 3.63) is 64.2 Å². The van der Waals surface area contributed by atoms with Gasteiger partial charge < -0.3 is 5.32 Å². The Balaban J connectivity index is 1.62. The Morgan fingerprint density at radius 2 is 1.74 bits per heavy atom. The predicted octanol–water partition coefficient (Wildman–Crippen LogP) is 4.85. The monoisotopic (exact) mass is 474 g/mol. The largest absolute Gasteiger partial charge is 0.418 e. The summed E-state index contributed by atoms with van der Waals surface area (Å²) in [5.41, 5.74) is 0.318. The molecule has 1 aliphatic heterocycles. The average Bonchev–Trinajstić information content (AvgIpc) is 2.70. The first-order chi connectivity index (χ1) is 14.5. The van der Waals surface area contributed by atoms with Crippen molar-refractivity contribution >= 4 is 33.2 Å². The highest BCUT2D eigenvalue weighted by atomic mass is 35.5. The lowest BCUT2D eigenvalue weighted by Crippen LogP contribution is -2.42. The zero-order valence-electron chi connectivity index (χ0n) is 16.7. The molecule has 0 saturated carbocycles. The molecule has 1 fully saturated rings. The minimum atomic E-state index is -4.67. The fourth-order valence-corrected chi connectivity index (χ4v) is 5.21. The van der Waals surface area contributed by atoms with E-state index in [-0.39, 0.29) is 42.4 Å². The van der Waals surface area contributed by atoms with Crippen molar-refractivity contribution in [2.45, 2.75) is 31.7 Å². The summed E-state index contributed by atoms with van der Waals surface area (Å²) < 4.78 is 66.4. The van der Waals surface area contributed by atoms with Crippen LogP contribution in [-0.2, 0) is 26.7 Å². The number of benzene rings is 2. The van der Waals surface area contributed by atoms with Crippen molar-refractivity contribution < 1.29 is 26.4 Å². The van der Waals surface area contributed by atoms with Crippen LogP contribution in [0.25, 0.3) is 0 Å². The second-order valence-electron chi connectivity index (χ2n) is 7.59. The SMILES string of the molecule is Cc1ccc(CS(=O)(=O)N2CCC(C(=O)Nc3ccc(Cl)cc3C(F)(F)F)CC2)cc1. The number of halogens is 4. The fourth-order valence-electron chi connectivity index (χ4n) is 3.48. The van der Waals surface area contributed by atoms with E-state index in [9.17, 15) is 26.4 Å². The molecule has 0 spiro atoms. The zero-order chi connectivity index (χ0) is 22.8. The first kappa shape index (κ1) is 23.6. The number of hydrogen-bond acceptors (Lipinski definition) is 3. The summed E-state index contributed by atoms with van der Waals surface area (Å²) >= 11 is 5.66. The van der Waals surface area contributed by atoms with Crippen molar-refractivity contribution in [3.8, 4) is 0 Å². The van der Waals surface area contributed by atoms with Crippen LogP contribution in [0.1, 0.15) is 29.5 Å². The quantitative estimate of drug-likeness (QED) is 0.673. The third-order valence-electron chi connectivity index (χ3n) is 5.23. The van der Waals surface area contributed by atoms with Gasteiger partial charge in [-0.2, -0.15) is 13.2 Å². The van der Waals surface area contributed by atoms with E-state index in [0.717, 1.165) is 17.7 Å². The molecule has 0 radical (unpaired) electrons. The molecule has 0 unspecified atom stereocenters. The molecule has 3 rings (SSSR count). The summed E-state index contributed by atoms with van der Waals surface area (Å²) in [6.07, 6.45) is -4.21. The van der Waals surface area contributed by atoms with Crippen molar-refractivity contribution in [2.75, 3.05) is 18.4 Å². The summed E-state index contributed by atoms with van der Waals surface area (Å²) in [5, 5.41) is 2.24. The lowest BCUT2D eigenvalue weighted by Gasteiger charge is -2.30. The molecule has 0 aliphatic carbocycles.